The molecule has 0 aliphatic heterocycles. The number of H-pyrrole nitrogens is 1. The van der Waals surface area contributed by atoms with Crippen LogP contribution >= 0.6 is 0 Å². The Bertz CT molecular complexity index is 857. The molecule has 2 N–H and O–H groups in total. The number of nitrogens with one attached hydrogen (secondary N) is 2. The molecule has 0 radical (unpaired) electrons. The van der Waals surface area contributed by atoms with Gasteiger partial charge in [-0.15, -0.1) is 0 Å². The van der Waals surface area contributed by atoms with Gasteiger partial charge in [-0.3, -0.25) is 4.79 Å². The third kappa shape index (κ3) is 2.60. The molecular weight excluding hydrogens is 279 g/mol. The van der Waals surface area contributed by atoms with Gasteiger partial charge in [0.15, 0.2) is 0 Å². The number of anilines is 1. The van der Waals surface area contributed by atoms with Gasteiger partial charge in [0, 0.05) is 16.6 Å². The number of hydrogen-bond acceptors (Lipinski definition) is 1. The summed E-state index contributed by atoms with van der Waals surface area (Å²) in [5, 5.41) is 3.62. The van der Waals surface area contributed by atoms with Crippen LogP contribution in [-0.2, 0) is 0 Å². The molecule has 0 aliphatic carbocycles. The zero-order chi connectivity index (χ0) is 15.9. The summed E-state index contributed by atoms with van der Waals surface area (Å²) in [7, 11) is 0. The molecule has 0 fully saturated rings. The maximum Gasteiger partial charge on any atom is 0.272 e. The quantitative estimate of drug-likeness (QED) is 0.719. The first-order valence-corrected chi connectivity index (χ1v) is 7.11. The Balaban J connectivity index is 1.93. The van der Waals surface area contributed by atoms with Crippen LogP contribution in [0.3, 0.4) is 0 Å². The Hall–Kier alpha value is -2.62. The van der Waals surface area contributed by atoms with E-state index < -0.39 is 0 Å². The van der Waals surface area contributed by atoms with Crippen LogP contribution in [0.2, 0.25) is 0 Å². The van der Waals surface area contributed by atoms with Gasteiger partial charge in [-0.25, -0.2) is 4.39 Å². The normalized spacial score (nSPS) is 10.9. The lowest BCUT2D eigenvalue weighted by atomic mass is 10.1. The van der Waals surface area contributed by atoms with E-state index in [-0.39, 0.29) is 11.7 Å². The Morgan fingerprint density at radius 1 is 1.05 bits per heavy atom. The first-order chi connectivity index (χ1) is 10.4. The topological polar surface area (TPSA) is 44.9 Å². The highest BCUT2D eigenvalue weighted by atomic mass is 19.1. The summed E-state index contributed by atoms with van der Waals surface area (Å²) in [6.45, 7) is 5.96. The molecule has 4 heteroatoms. The average molecular weight is 296 g/mol. The predicted octanol–water partition coefficient (Wildman–Crippen LogP) is 4.48. The van der Waals surface area contributed by atoms with Crippen LogP contribution in [-0.4, -0.2) is 10.9 Å². The lowest BCUT2D eigenvalue weighted by Crippen LogP contribution is -2.14. The van der Waals surface area contributed by atoms with Crippen LogP contribution in [0.5, 0.6) is 0 Å². The van der Waals surface area contributed by atoms with Crippen molar-refractivity contribution < 1.29 is 9.18 Å². The van der Waals surface area contributed by atoms with Crippen molar-refractivity contribution in [3.63, 3.8) is 0 Å². The van der Waals surface area contributed by atoms with Crippen molar-refractivity contribution in [3.05, 3.63) is 64.6 Å². The van der Waals surface area contributed by atoms with Gasteiger partial charge in [0.05, 0.1) is 0 Å². The van der Waals surface area contributed by atoms with E-state index in [4.69, 9.17) is 0 Å². The largest absolute Gasteiger partial charge is 0.351 e. The molecule has 2 aromatic carbocycles. The maximum absolute atomic E-state index is 13.2. The Morgan fingerprint density at radius 2 is 1.73 bits per heavy atom. The van der Waals surface area contributed by atoms with Gasteiger partial charge in [-0.1, -0.05) is 17.7 Å². The third-order valence-electron chi connectivity index (χ3n) is 3.74. The second kappa shape index (κ2) is 5.30. The molecule has 1 amide bonds. The van der Waals surface area contributed by atoms with Crippen LogP contribution < -0.4 is 5.32 Å². The summed E-state index contributed by atoms with van der Waals surface area (Å²) in [5.41, 5.74) is 5.18. The van der Waals surface area contributed by atoms with Crippen LogP contribution in [0.25, 0.3) is 10.9 Å². The Morgan fingerprint density at radius 3 is 2.41 bits per heavy atom. The molecule has 1 aromatic heterocycles. The minimum Gasteiger partial charge on any atom is -0.351 e. The highest BCUT2D eigenvalue weighted by molar-refractivity contribution is 6.06. The number of amides is 1. The lowest BCUT2D eigenvalue weighted by molar-refractivity contribution is 0.102. The number of carbonyl (C=O) groups is 1. The van der Waals surface area contributed by atoms with Gasteiger partial charge in [0.1, 0.15) is 11.5 Å². The number of halogens is 1. The minimum absolute atomic E-state index is 0.230. The van der Waals surface area contributed by atoms with Gasteiger partial charge < -0.3 is 10.3 Å². The number of aromatic nitrogens is 1. The van der Waals surface area contributed by atoms with Crippen LogP contribution in [0.1, 0.15) is 27.2 Å². The van der Waals surface area contributed by atoms with Crippen molar-refractivity contribution in [2.24, 2.45) is 0 Å². The summed E-state index contributed by atoms with van der Waals surface area (Å²) < 4.78 is 13.2. The zero-order valence-electron chi connectivity index (χ0n) is 12.8. The molecule has 0 bridgehead atoms. The van der Waals surface area contributed by atoms with E-state index in [2.05, 4.69) is 10.3 Å². The van der Waals surface area contributed by atoms with Gasteiger partial charge >= 0.3 is 0 Å². The second-order valence-electron chi connectivity index (χ2n) is 5.64. The number of aryl methyl sites for hydroxylation is 3. The number of carbonyl (C=O) groups excluding carboxylic acids is 1. The molecule has 0 aliphatic rings. The lowest BCUT2D eigenvalue weighted by Gasteiger charge is -2.12. The van der Waals surface area contributed by atoms with Crippen molar-refractivity contribution in [2.75, 3.05) is 5.32 Å². The summed E-state index contributed by atoms with van der Waals surface area (Å²) in [6, 6.07) is 10.1. The van der Waals surface area contributed by atoms with Crippen LogP contribution in [0.15, 0.2) is 36.4 Å². The standard InChI is InChI=1S/C18H17FN2O/c1-10-6-11(2)17(12(3)7-10)21-18(22)16-9-13-8-14(19)4-5-15(13)20-16/h4-9,20H,1-3H3,(H,21,22). The summed E-state index contributed by atoms with van der Waals surface area (Å²) in [4.78, 5) is 15.4. The maximum atomic E-state index is 13.2. The van der Waals surface area contributed by atoms with E-state index in [9.17, 15) is 9.18 Å². The number of fused-ring (bicyclic) bond motifs is 1. The highest BCUT2D eigenvalue weighted by Crippen LogP contribution is 2.23. The SMILES string of the molecule is Cc1cc(C)c(NC(=O)c2cc3cc(F)ccc3[nH]2)c(C)c1. The molecular formula is C18H17FN2O. The van der Waals surface area contributed by atoms with Gasteiger partial charge in [0.2, 0.25) is 0 Å². The fourth-order valence-electron chi connectivity index (χ4n) is 2.78. The summed E-state index contributed by atoms with van der Waals surface area (Å²) in [5.74, 6) is -0.546. The molecule has 0 saturated heterocycles. The van der Waals surface area contributed by atoms with Gasteiger partial charge in [0.25, 0.3) is 5.91 Å². The monoisotopic (exact) mass is 296 g/mol. The third-order valence-corrected chi connectivity index (χ3v) is 3.74. The van der Waals surface area contributed by atoms with E-state index in [1.165, 1.54) is 12.1 Å². The Labute approximate surface area is 128 Å². The molecule has 0 spiro atoms. The predicted molar refractivity (Wildman–Crippen MR) is 86.9 cm³/mol. The molecule has 22 heavy (non-hydrogen) atoms. The Kier molecular flexibility index (Phi) is 3.45. The van der Waals surface area contributed by atoms with E-state index in [1.807, 2.05) is 32.9 Å². The first-order valence-electron chi connectivity index (χ1n) is 7.11. The number of hydrogen-bond donors (Lipinski definition) is 2. The molecule has 0 unspecified atom stereocenters. The van der Waals surface area contributed by atoms with Crippen molar-refractivity contribution in [1.82, 2.24) is 4.98 Å². The average Bonchev–Trinajstić information content (AvgIpc) is 2.85. The molecule has 112 valence electrons. The van der Waals surface area contributed by atoms with Gasteiger partial charge in [-0.05, 0) is 56.2 Å². The van der Waals surface area contributed by atoms with E-state index in [0.717, 1.165) is 27.9 Å². The van der Waals surface area contributed by atoms with Gasteiger partial charge in [-0.2, -0.15) is 0 Å². The summed E-state index contributed by atoms with van der Waals surface area (Å²) >= 11 is 0. The van der Waals surface area contributed by atoms with Crippen molar-refractivity contribution in [1.29, 1.82) is 0 Å². The van der Waals surface area contributed by atoms with Crippen molar-refractivity contribution in [3.8, 4) is 0 Å². The number of aromatic amines is 1. The molecule has 3 nitrogen and oxygen atoms in total. The van der Waals surface area contributed by atoms with Crippen LogP contribution in [0, 0.1) is 26.6 Å². The van der Waals surface area contributed by atoms with Crippen LogP contribution in [0.4, 0.5) is 10.1 Å². The molecule has 3 rings (SSSR count). The van der Waals surface area contributed by atoms with E-state index in [1.54, 1.807) is 12.1 Å². The molecule has 3 aromatic rings. The van der Waals surface area contributed by atoms with E-state index in [0.29, 0.717) is 11.1 Å². The first kappa shape index (κ1) is 14.3. The molecule has 0 saturated carbocycles. The number of rotatable bonds is 2. The summed E-state index contributed by atoms with van der Waals surface area (Å²) in [6.07, 6.45) is 0. The number of benzene rings is 2. The van der Waals surface area contributed by atoms with E-state index >= 15 is 0 Å². The fourth-order valence-corrected chi connectivity index (χ4v) is 2.78. The zero-order valence-corrected chi connectivity index (χ0v) is 12.8. The van der Waals surface area contributed by atoms with Crippen molar-refractivity contribution >= 4 is 22.5 Å². The minimum atomic E-state index is -0.316. The second-order valence-corrected chi connectivity index (χ2v) is 5.64. The fraction of sp³-hybridized carbons (Fsp3) is 0.167. The molecule has 0 atom stereocenters. The highest BCUT2D eigenvalue weighted by Gasteiger charge is 2.13. The molecule has 1 heterocycles. The smallest absolute Gasteiger partial charge is 0.272 e. The van der Waals surface area contributed by atoms with Crippen molar-refractivity contribution in [2.45, 2.75) is 20.8 Å².